The minimum Gasteiger partial charge on any atom is -0.258 e. The van der Waals surface area contributed by atoms with Gasteiger partial charge in [-0.15, -0.1) is 0 Å². The third-order valence-electron chi connectivity index (χ3n) is 1.59. The molecule has 0 unspecified atom stereocenters. The Bertz CT molecular complexity index is 526. The van der Waals surface area contributed by atoms with Crippen LogP contribution in [0.1, 0.15) is 5.56 Å². The van der Waals surface area contributed by atoms with E-state index in [9.17, 15) is 14.5 Å². The van der Waals surface area contributed by atoms with Crippen LogP contribution in [0.15, 0.2) is 23.3 Å². The molecule has 1 rings (SSSR count). The fraction of sp³-hybridized carbons (Fsp3) is 0.111. The maximum absolute atomic E-state index is 13.1. The van der Waals surface area contributed by atoms with Crippen LogP contribution in [0.5, 0.6) is 0 Å². The fourth-order valence-electron chi connectivity index (χ4n) is 0.941. The molecule has 0 fully saturated rings. The van der Waals surface area contributed by atoms with Crippen LogP contribution < -0.4 is 0 Å². The first kappa shape index (κ1) is 11.5. The molecule has 0 aliphatic heterocycles. The molecule has 0 amide bonds. The van der Waals surface area contributed by atoms with E-state index in [-0.39, 0.29) is 12.1 Å². The molecule has 0 atom stereocenters. The molecule has 0 aliphatic rings. The summed E-state index contributed by atoms with van der Waals surface area (Å²) in [6.07, 6.45) is 0. The molecule has 1 aromatic rings. The van der Waals surface area contributed by atoms with Gasteiger partial charge >= 0.3 is 5.69 Å². The van der Waals surface area contributed by atoms with Crippen molar-refractivity contribution in [1.82, 2.24) is 0 Å². The van der Waals surface area contributed by atoms with Crippen molar-refractivity contribution in [3.63, 3.8) is 0 Å². The van der Waals surface area contributed by atoms with E-state index in [2.05, 4.69) is 21.9 Å². The van der Waals surface area contributed by atoms with Crippen molar-refractivity contribution in [2.75, 3.05) is 6.54 Å². The minimum atomic E-state index is -0.944. The summed E-state index contributed by atoms with van der Waals surface area (Å²) in [5.74, 6) is 4.04. The summed E-state index contributed by atoms with van der Waals surface area (Å²) in [4.78, 5) is 12.0. The van der Waals surface area contributed by atoms with Gasteiger partial charge in [0.25, 0.3) is 0 Å². The van der Waals surface area contributed by atoms with Gasteiger partial charge in [0.05, 0.1) is 11.5 Å². The lowest BCUT2D eigenvalue weighted by molar-refractivity contribution is -0.387. The zero-order chi connectivity index (χ0) is 12.0. The molecular formula is C9H5FN4O2. The fourth-order valence-corrected chi connectivity index (χ4v) is 0.941. The molecule has 6 nitrogen and oxygen atoms in total. The molecule has 16 heavy (non-hydrogen) atoms. The van der Waals surface area contributed by atoms with Crippen molar-refractivity contribution >= 4 is 5.69 Å². The van der Waals surface area contributed by atoms with E-state index in [4.69, 9.17) is 5.53 Å². The lowest BCUT2D eigenvalue weighted by Gasteiger charge is -1.93. The predicted molar refractivity (Wildman–Crippen MR) is 53.9 cm³/mol. The Morgan fingerprint density at radius 1 is 1.62 bits per heavy atom. The van der Waals surface area contributed by atoms with Crippen LogP contribution in [0.3, 0.4) is 0 Å². The molecule has 0 aromatic heterocycles. The van der Waals surface area contributed by atoms with Gasteiger partial charge in [0.15, 0.2) is 0 Å². The molecule has 7 heteroatoms. The van der Waals surface area contributed by atoms with Crippen LogP contribution in [-0.2, 0) is 0 Å². The first-order valence-corrected chi connectivity index (χ1v) is 4.09. The number of nitrogens with zero attached hydrogens (tertiary/aromatic N) is 4. The number of azide groups is 1. The lowest BCUT2D eigenvalue weighted by atomic mass is 10.2. The highest BCUT2D eigenvalue weighted by Crippen LogP contribution is 2.17. The Labute approximate surface area is 89.5 Å². The third-order valence-corrected chi connectivity index (χ3v) is 1.59. The van der Waals surface area contributed by atoms with Gasteiger partial charge in [0.1, 0.15) is 0 Å². The Morgan fingerprint density at radius 3 is 2.94 bits per heavy atom. The van der Waals surface area contributed by atoms with Gasteiger partial charge in [-0.25, -0.2) is 0 Å². The van der Waals surface area contributed by atoms with E-state index in [1.807, 2.05) is 0 Å². The Hall–Kier alpha value is -2.58. The second-order valence-corrected chi connectivity index (χ2v) is 2.61. The number of rotatable bonds is 2. The van der Waals surface area contributed by atoms with Gasteiger partial charge in [-0.3, -0.25) is 10.1 Å². The second-order valence-electron chi connectivity index (χ2n) is 2.61. The molecule has 0 heterocycles. The molecule has 0 spiro atoms. The maximum Gasteiger partial charge on any atom is 0.304 e. The highest BCUT2D eigenvalue weighted by Gasteiger charge is 2.12. The lowest BCUT2D eigenvalue weighted by Crippen LogP contribution is -1.92. The van der Waals surface area contributed by atoms with Crippen LogP contribution in [0.2, 0.25) is 0 Å². The molecule has 80 valence electrons. The van der Waals surface area contributed by atoms with Gasteiger partial charge < -0.3 is 0 Å². The first-order chi connectivity index (χ1) is 7.65. The molecule has 0 N–H and O–H groups in total. The summed E-state index contributed by atoms with van der Waals surface area (Å²) < 4.78 is 13.1. The summed E-state index contributed by atoms with van der Waals surface area (Å²) in [6, 6.07) is 3.32. The number of hydrogen-bond acceptors (Lipinski definition) is 3. The summed E-state index contributed by atoms with van der Waals surface area (Å²) in [5.41, 5.74) is 7.65. The van der Waals surface area contributed by atoms with E-state index >= 15 is 0 Å². The van der Waals surface area contributed by atoms with Crippen molar-refractivity contribution in [3.8, 4) is 11.8 Å². The summed E-state index contributed by atoms with van der Waals surface area (Å²) in [6.45, 7) is -0.0326. The van der Waals surface area contributed by atoms with Crippen molar-refractivity contribution < 1.29 is 9.31 Å². The van der Waals surface area contributed by atoms with Crippen LogP contribution in [0.25, 0.3) is 10.4 Å². The normalized spacial score (nSPS) is 8.56. The Morgan fingerprint density at radius 2 is 2.38 bits per heavy atom. The van der Waals surface area contributed by atoms with E-state index in [0.717, 1.165) is 12.1 Å². The molecule has 0 saturated carbocycles. The highest BCUT2D eigenvalue weighted by atomic mass is 19.1. The first-order valence-electron chi connectivity index (χ1n) is 4.09. The van der Waals surface area contributed by atoms with Crippen LogP contribution in [0, 0.1) is 27.8 Å². The summed E-state index contributed by atoms with van der Waals surface area (Å²) >= 11 is 0. The van der Waals surface area contributed by atoms with Gasteiger partial charge in [-0.1, -0.05) is 17.0 Å². The SMILES string of the molecule is [N-]=[N+]=NCC#Cc1ccc([N+](=O)[O-])c(F)c1. The van der Waals surface area contributed by atoms with E-state index in [0.29, 0.717) is 0 Å². The number of benzene rings is 1. The number of nitro benzene ring substituents is 1. The number of nitro groups is 1. The van der Waals surface area contributed by atoms with Gasteiger partial charge in [-0.05, 0) is 17.7 Å². The van der Waals surface area contributed by atoms with E-state index < -0.39 is 16.4 Å². The van der Waals surface area contributed by atoms with E-state index in [1.165, 1.54) is 6.07 Å². The van der Waals surface area contributed by atoms with Crippen LogP contribution in [-0.4, -0.2) is 11.5 Å². The molecule has 0 aliphatic carbocycles. The van der Waals surface area contributed by atoms with Crippen molar-refractivity contribution in [2.45, 2.75) is 0 Å². The van der Waals surface area contributed by atoms with Gasteiger partial charge in [0, 0.05) is 16.5 Å². The molecule has 1 aromatic carbocycles. The van der Waals surface area contributed by atoms with Crippen LogP contribution >= 0.6 is 0 Å². The van der Waals surface area contributed by atoms with Crippen molar-refractivity contribution in [1.29, 1.82) is 0 Å². The molecule has 0 bridgehead atoms. The predicted octanol–water partition coefficient (Wildman–Crippen LogP) is 2.40. The van der Waals surface area contributed by atoms with Crippen molar-refractivity contribution in [3.05, 3.63) is 50.1 Å². The average Bonchev–Trinajstić information content (AvgIpc) is 2.24. The standard InChI is InChI=1S/C9H5FN4O2/c10-8-6-7(2-1-5-12-13-11)3-4-9(8)14(15)16/h3-4,6H,5H2. The molecule has 0 radical (unpaired) electrons. The largest absolute Gasteiger partial charge is 0.304 e. The smallest absolute Gasteiger partial charge is 0.258 e. The average molecular weight is 220 g/mol. The zero-order valence-corrected chi connectivity index (χ0v) is 7.92. The molecular weight excluding hydrogens is 215 g/mol. The highest BCUT2D eigenvalue weighted by molar-refractivity contribution is 5.42. The monoisotopic (exact) mass is 220 g/mol. The second kappa shape index (κ2) is 5.34. The van der Waals surface area contributed by atoms with E-state index in [1.54, 1.807) is 0 Å². The third kappa shape index (κ3) is 2.97. The van der Waals surface area contributed by atoms with Crippen molar-refractivity contribution in [2.24, 2.45) is 5.11 Å². The minimum absolute atomic E-state index is 0.0326. The van der Waals surface area contributed by atoms with Gasteiger partial charge in [-0.2, -0.15) is 4.39 Å². The Kier molecular flexibility index (Phi) is 3.83. The zero-order valence-electron chi connectivity index (χ0n) is 7.92. The Balaban J connectivity index is 2.92. The summed E-state index contributed by atoms with van der Waals surface area (Å²) in [7, 11) is 0. The quantitative estimate of drug-likeness (QED) is 0.191. The van der Waals surface area contributed by atoms with Crippen LogP contribution in [0.4, 0.5) is 10.1 Å². The topological polar surface area (TPSA) is 91.9 Å². The maximum atomic E-state index is 13.1. The number of hydrogen-bond donors (Lipinski definition) is 0. The van der Waals surface area contributed by atoms with Gasteiger partial charge in [0.2, 0.25) is 5.82 Å². The molecule has 0 saturated heterocycles. The number of halogens is 1. The summed E-state index contributed by atoms with van der Waals surface area (Å²) in [5, 5.41) is 13.5.